The van der Waals surface area contributed by atoms with Gasteiger partial charge in [0.25, 0.3) is 0 Å². The average Bonchev–Trinajstić information content (AvgIpc) is 2.30. The van der Waals surface area contributed by atoms with E-state index in [2.05, 4.69) is 13.8 Å². The molecule has 96 valence electrons. The molecule has 1 aromatic rings. The quantitative estimate of drug-likeness (QED) is 0.793. The molecule has 0 saturated heterocycles. The summed E-state index contributed by atoms with van der Waals surface area (Å²) in [7, 11) is 0. The predicted molar refractivity (Wildman–Crippen MR) is 70.5 cm³/mol. The molecule has 0 heterocycles. The average molecular weight is 237 g/mol. The smallest absolute Gasteiger partial charge is 0.165 e. The number of nitrogens with two attached hydrogens (primary N) is 1. The molecule has 1 aromatic carbocycles. The van der Waals surface area contributed by atoms with Crippen molar-refractivity contribution in [3.8, 4) is 11.5 Å². The molecule has 0 saturated carbocycles. The molecule has 0 bridgehead atoms. The second-order valence-corrected chi connectivity index (χ2v) is 4.41. The van der Waals surface area contributed by atoms with Gasteiger partial charge in [0.05, 0.1) is 13.2 Å². The van der Waals surface area contributed by atoms with Crippen LogP contribution in [0.1, 0.15) is 32.8 Å². The van der Waals surface area contributed by atoms with Crippen molar-refractivity contribution in [2.45, 2.75) is 33.7 Å². The van der Waals surface area contributed by atoms with Crippen LogP contribution in [0, 0.1) is 5.92 Å². The van der Waals surface area contributed by atoms with E-state index in [1.807, 2.05) is 25.1 Å². The minimum atomic E-state index is 0.470. The van der Waals surface area contributed by atoms with Gasteiger partial charge in [0.2, 0.25) is 0 Å². The fraction of sp³-hybridized carbons (Fsp3) is 0.571. The van der Waals surface area contributed by atoms with E-state index in [1.54, 1.807) is 0 Å². The van der Waals surface area contributed by atoms with E-state index in [-0.39, 0.29) is 0 Å². The van der Waals surface area contributed by atoms with E-state index >= 15 is 0 Å². The molecule has 3 heteroatoms. The Morgan fingerprint density at radius 1 is 1.24 bits per heavy atom. The van der Waals surface area contributed by atoms with Crippen molar-refractivity contribution in [2.75, 3.05) is 13.2 Å². The summed E-state index contributed by atoms with van der Waals surface area (Å²) in [4.78, 5) is 0. The van der Waals surface area contributed by atoms with Gasteiger partial charge in [-0.05, 0) is 25.3 Å². The van der Waals surface area contributed by atoms with Crippen LogP contribution in [-0.4, -0.2) is 13.2 Å². The van der Waals surface area contributed by atoms with Crippen LogP contribution in [0.15, 0.2) is 18.2 Å². The third-order valence-electron chi connectivity index (χ3n) is 2.52. The Balaban J connectivity index is 2.77. The molecule has 0 amide bonds. The van der Waals surface area contributed by atoms with Crippen LogP contribution in [0.25, 0.3) is 0 Å². The Morgan fingerprint density at radius 2 is 2.00 bits per heavy atom. The van der Waals surface area contributed by atoms with Crippen molar-refractivity contribution in [3.05, 3.63) is 23.8 Å². The highest BCUT2D eigenvalue weighted by Crippen LogP contribution is 2.31. The number of para-hydroxylation sites is 1. The maximum absolute atomic E-state index is 5.82. The van der Waals surface area contributed by atoms with Crippen LogP contribution in [0.4, 0.5) is 0 Å². The summed E-state index contributed by atoms with van der Waals surface area (Å²) in [5.41, 5.74) is 6.71. The summed E-state index contributed by atoms with van der Waals surface area (Å²) in [6, 6.07) is 5.85. The van der Waals surface area contributed by atoms with Crippen LogP contribution >= 0.6 is 0 Å². The second kappa shape index (κ2) is 7.17. The van der Waals surface area contributed by atoms with Crippen LogP contribution in [-0.2, 0) is 6.54 Å². The second-order valence-electron chi connectivity index (χ2n) is 4.41. The number of benzene rings is 1. The topological polar surface area (TPSA) is 44.5 Å². The van der Waals surface area contributed by atoms with Crippen molar-refractivity contribution < 1.29 is 9.47 Å². The third-order valence-corrected chi connectivity index (χ3v) is 2.52. The lowest BCUT2D eigenvalue weighted by molar-refractivity contribution is 0.259. The van der Waals surface area contributed by atoms with E-state index in [0.29, 0.717) is 25.7 Å². The number of hydrogen-bond acceptors (Lipinski definition) is 3. The standard InChI is InChI=1S/C14H23NO2/c1-4-16-13-7-5-6-12(10-15)14(13)17-9-8-11(2)3/h5-7,11H,4,8-10,15H2,1-3H3. The van der Waals surface area contributed by atoms with Gasteiger partial charge in [-0.25, -0.2) is 0 Å². The minimum absolute atomic E-state index is 0.470. The normalized spacial score (nSPS) is 10.6. The first-order valence-electron chi connectivity index (χ1n) is 6.26. The SMILES string of the molecule is CCOc1cccc(CN)c1OCCC(C)C. The van der Waals surface area contributed by atoms with Crippen LogP contribution in [0.2, 0.25) is 0 Å². The van der Waals surface area contributed by atoms with Crippen molar-refractivity contribution in [3.63, 3.8) is 0 Å². The summed E-state index contributed by atoms with van der Waals surface area (Å²) < 4.78 is 11.4. The maximum Gasteiger partial charge on any atom is 0.165 e. The summed E-state index contributed by atoms with van der Waals surface area (Å²) >= 11 is 0. The number of rotatable bonds is 7. The van der Waals surface area contributed by atoms with Gasteiger partial charge in [0.15, 0.2) is 11.5 Å². The Hall–Kier alpha value is -1.22. The van der Waals surface area contributed by atoms with Gasteiger partial charge in [-0.2, -0.15) is 0 Å². The zero-order valence-electron chi connectivity index (χ0n) is 11.0. The van der Waals surface area contributed by atoms with Crippen LogP contribution in [0.3, 0.4) is 0 Å². The molecule has 17 heavy (non-hydrogen) atoms. The molecular weight excluding hydrogens is 214 g/mol. The number of ether oxygens (including phenoxy) is 2. The fourth-order valence-corrected chi connectivity index (χ4v) is 1.55. The van der Waals surface area contributed by atoms with Crippen molar-refractivity contribution in [2.24, 2.45) is 11.7 Å². The van der Waals surface area contributed by atoms with Crippen molar-refractivity contribution in [1.82, 2.24) is 0 Å². The molecule has 0 aliphatic rings. The van der Waals surface area contributed by atoms with E-state index < -0.39 is 0 Å². The van der Waals surface area contributed by atoms with Crippen molar-refractivity contribution in [1.29, 1.82) is 0 Å². The molecule has 1 rings (SSSR count). The van der Waals surface area contributed by atoms with E-state index in [1.165, 1.54) is 0 Å². The molecule has 0 unspecified atom stereocenters. The van der Waals surface area contributed by atoms with Crippen molar-refractivity contribution >= 4 is 0 Å². The van der Waals surface area contributed by atoms with Gasteiger partial charge in [-0.1, -0.05) is 26.0 Å². The Bertz CT molecular complexity index is 337. The molecule has 0 aliphatic carbocycles. The van der Waals surface area contributed by atoms with E-state index in [0.717, 1.165) is 23.5 Å². The predicted octanol–water partition coefficient (Wildman–Crippen LogP) is 2.97. The fourth-order valence-electron chi connectivity index (χ4n) is 1.55. The Morgan fingerprint density at radius 3 is 2.59 bits per heavy atom. The van der Waals surface area contributed by atoms with Gasteiger partial charge in [-0.15, -0.1) is 0 Å². The van der Waals surface area contributed by atoms with E-state index in [9.17, 15) is 0 Å². The molecule has 0 spiro atoms. The first-order valence-corrected chi connectivity index (χ1v) is 6.26. The van der Waals surface area contributed by atoms with Gasteiger partial charge < -0.3 is 15.2 Å². The molecule has 0 radical (unpaired) electrons. The zero-order chi connectivity index (χ0) is 12.7. The minimum Gasteiger partial charge on any atom is -0.490 e. The van der Waals surface area contributed by atoms with Gasteiger partial charge >= 0.3 is 0 Å². The van der Waals surface area contributed by atoms with Crippen LogP contribution in [0.5, 0.6) is 11.5 Å². The summed E-state index contributed by atoms with van der Waals surface area (Å²) in [6.07, 6.45) is 1.03. The summed E-state index contributed by atoms with van der Waals surface area (Å²) in [5, 5.41) is 0. The maximum atomic E-state index is 5.82. The van der Waals surface area contributed by atoms with E-state index in [4.69, 9.17) is 15.2 Å². The molecule has 0 atom stereocenters. The molecule has 3 nitrogen and oxygen atoms in total. The highest BCUT2D eigenvalue weighted by atomic mass is 16.5. The Labute approximate surface area is 104 Å². The molecule has 0 fully saturated rings. The van der Waals surface area contributed by atoms with Gasteiger partial charge in [0.1, 0.15) is 0 Å². The molecule has 0 aromatic heterocycles. The van der Waals surface area contributed by atoms with Gasteiger partial charge in [-0.3, -0.25) is 0 Å². The van der Waals surface area contributed by atoms with Gasteiger partial charge in [0, 0.05) is 12.1 Å². The Kier molecular flexibility index (Phi) is 5.84. The molecule has 2 N–H and O–H groups in total. The lowest BCUT2D eigenvalue weighted by Gasteiger charge is -2.15. The first-order chi connectivity index (χ1) is 8.19. The monoisotopic (exact) mass is 237 g/mol. The number of hydrogen-bond donors (Lipinski definition) is 1. The lowest BCUT2D eigenvalue weighted by atomic mass is 10.1. The lowest BCUT2D eigenvalue weighted by Crippen LogP contribution is -2.07. The summed E-state index contributed by atoms with van der Waals surface area (Å²) in [6.45, 7) is 8.14. The first kappa shape index (κ1) is 13.8. The summed E-state index contributed by atoms with van der Waals surface area (Å²) in [5.74, 6) is 2.23. The highest BCUT2D eigenvalue weighted by Gasteiger charge is 2.10. The zero-order valence-corrected chi connectivity index (χ0v) is 11.0. The molecule has 0 aliphatic heterocycles. The molecular formula is C14H23NO2. The van der Waals surface area contributed by atoms with Crippen LogP contribution < -0.4 is 15.2 Å². The third kappa shape index (κ3) is 4.27. The highest BCUT2D eigenvalue weighted by molar-refractivity contribution is 5.46. The largest absolute Gasteiger partial charge is 0.490 e.